The van der Waals surface area contributed by atoms with Crippen LogP contribution in [0.3, 0.4) is 0 Å². The molecule has 1 atom stereocenters. The van der Waals surface area contributed by atoms with Crippen LogP contribution < -0.4 is 10.1 Å². The summed E-state index contributed by atoms with van der Waals surface area (Å²) in [6, 6.07) is 7.89. The summed E-state index contributed by atoms with van der Waals surface area (Å²) in [5.41, 5.74) is 4.07. The van der Waals surface area contributed by atoms with Gasteiger partial charge in [-0.3, -0.25) is 9.48 Å². The third kappa shape index (κ3) is 5.20. The van der Waals surface area contributed by atoms with Crippen molar-refractivity contribution in [3.63, 3.8) is 0 Å². The molecule has 8 heteroatoms. The fraction of sp³-hybridized carbons (Fsp3) is 0.391. The van der Waals surface area contributed by atoms with E-state index in [9.17, 15) is 9.90 Å². The molecule has 4 heterocycles. The number of nitrogens with one attached hydrogen (secondary N) is 1. The van der Waals surface area contributed by atoms with E-state index >= 15 is 0 Å². The second-order valence-corrected chi connectivity index (χ2v) is 7.77. The molecule has 0 unspecified atom stereocenters. The maximum atomic E-state index is 11.4. The van der Waals surface area contributed by atoms with Crippen LogP contribution in [-0.4, -0.2) is 44.5 Å². The maximum absolute atomic E-state index is 11.4. The van der Waals surface area contributed by atoms with E-state index in [2.05, 4.69) is 27.5 Å². The number of carboxylic acids is 1. The summed E-state index contributed by atoms with van der Waals surface area (Å²) in [5.74, 6) is 0.355. The number of ether oxygens (including phenoxy) is 1. The smallest absolute Gasteiger partial charge is 0.304 e. The van der Waals surface area contributed by atoms with Gasteiger partial charge >= 0.3 is 5.97 Å². The fourth-order valence-electron chi connectivity index (χ4n) is 3.93. The van der Waals surface area contributed by atoms with Crippen molar-refractivity contribution in [1.29, 1.82) is 0 Å². The minimum Gasteiger partial charge on any atom is -0.481 e. The number of fused-ring (bicyclic) bond motifs is 1. The van der Waals surface area contributed by atoms with Gasteiger partial charge in [0.15, 0.2) is 0 Å². The van der Waals surface area contributed by atoms with Gasteiger partial charge in [-0.1, -0.05) is 12.1 Å². The van der Waals surface area contributed by atoms with Gasteiger partial charge in [-0.2, -0.15) is 5.10 Å². The number of anilines is 1. The Morgan fingerprint density at radius 1 is 1.26 bits per heavy atom. The lowest BCUT2D eigenvalue weighted by Crippen LogP contribution is -2.14. The molecule has 1 aliphatic heterocycles. The lowest BCUT2D eigenvalue weighted by Gasteiger charge is -2.17. The van der Waals surface area contributed by atoms with Gasteiger partial charge in [0, 0.05) is 43.2 Å². The second kappa shape index (κ2) is 9.59. The van der Waals surface area contributed by atoms with E-state index in [0.29, 0.717) is 5.88 Å². The number of pyridine rings is 2. The predicted molar refractivity (Wildman–Crippen MR) is 116 cm³/mol. The van der Waals surface area contributed by atoms with Crippen LogP contribution >= 0.6 is 0 Å². The Hall–Kier alpha value is -3.42. The molecule has 0 saturated carbocycles. The van der Waals surface area contributed by atoms with Crippen molar-refractivity contribution in [3.05, 3.63) is 65.2 Å². The van der Waals surface area contributed by atoms with Crippen molar-refractivity contribution >= 4 is 11.8 Å². The zero-order valence-electron chi connectivity index (χ0n) is 17.6. The number of carbonyl (C=O) groups is 1. The number of aryl methyl sites for hydroxylation is 3. The molecule has 0 radical (unpaired) electrons. The molecule has 8 nitrogen and oxygen atoms in total. The van der Waals surface area contributed by atoms with Gasteiger partial charge in [0.1, 0.15) is 5.82 Å². The Morgan fingerprint density at radius 3 is 2.94 bits per heavy atom. The highest BCUT2D eigenvalue weighted by Gasteiger charge is 2.20. The summed E-state index contributed by atoms with van der Waals surface area (Å²) in [4.78, 5) is 20.4. The number of nitrogens with zero attached hydrogens (tertiary/aromatic N) is 4. The summed E-state index contributed by atoms with van der Waals surface area (Å²) in [6.45, 7) is 1.73. The van der Waals surface area contributed by atoms with Gasteiger partial charge in [0.25, 0.3) is 0 Å². The third-order valence-corrected chi connectivity index (χ3v) is 5.58. The highest BCUT2D eigenvalue weighted by molar-refractivity contribution is 5.69. The Bertz CT molecular complexity index is 1030. The minimum absolute atomic E-state index is 0.0221. The fourth-order valence-corrected chi connectivity index (χ4v) is 3.93. The maximum Gasteiger partial charge on any atom is 0.304 e. The number of rotatable bonds is 9. The largest absolute Gasteiger partial charge is 0.481 e. The number of hydrogen-bond acceptors (Lipinski definition) is 6. The van der Waals surface area contributed by atoms with Gasteiger partial charge in [-0.15, -0.1) is 0 Å². The van der Waals surface area contributed by atoms with Gasteiger partial charge < -0.3 is 15.2 Å². The molecule has 0 bridgehead atoms. The first-order valence-electron chi connectivity index (χ1n) is 10.6. The lowest BCUT2D eigenvalue weighted by atomic mass is 9.92. The van der Waals surface area contributed by atoms with Crippen LogP contribution in [0.5, 0.6) is 5.88 Å². The molecule has 3 aromatic heterocycles. The molecule has 162 valence electrons. The van der Waals surface area contributed by atoms with E-state index in [4.69, 9.17) is 9.72 Å². The second-order valence-electron chi connectivity index (χ2n) is 7.77. The molecular weight excluding hydrogens is 394 g/mol. The highest BCUT2D eigenvalue weighted by atomic mass is 16.5. The van der Waals surface area contributed by atoms with Gasteiger partial charge in [0.2, 0.25) is 5.88 Å². The Labute approximate surface area is 181 Å². The van der Waals surface area contributed by atoms with E-state index in [-0.39, 0.29) is 12.3 Å². The topological polar surface area (TPSA) is 102 Å². The van der Waals surface area contributed by atoms with Crippen molar-refractivity contribution in [2.75, 3.05) is 19.0 Å². The molecule has 3 aromatic rings. The van der Waals surface area contributed by atoms with Crippen molar-refractivity contribution < 1.29 is 14.6 Å². The minimum atomic E-state index is -0.860. The molecule has 2 N–H and O–H groups in total. The first kappa shape index (κ1) is 20.8. The van der Waals surface area contributed by atoms with E-state index < -0.39 is 5.97 Å². The van der Waals surface area contributed by atoms with E-state index in [1.165, 1.54) is 5.56 Å². The van der Waals surface area contributed by atoms with Gasteiger partial charge in [-0.05, 0) is 48.4 Å². The number of carboxylic acid groups (broad SMARTS) is 1. The van der Waals surface area contributed by atoms with Gasteiger partial charge in [-0.25, -0.2) is 9.97 Å². The van der Waals surface area contributed by atoms with Gasteiger partial charge in [0.05, 0.1) is 19.7 Å². The zero-order chi connectivity index (χ0) is 21.6. The van der Waals surface area contributed by atoms with E-state index in [0.717, 1.165) is 61.4 Å². The molecule has 4 rings (SSSR count). The van der Waals surface area contributed by atoms with E-state index in [1.807, 2.05) is 16.9 Å². The standard InChI is InChI=1S/C23H27N5O3/c1-31-21-9-7-17(13-25-21)20(12-22(29)30)18-14-26-28(15-18)11-3-5-19-8-6-16-4-2-10-24-23(16)27-19/h6-9,13-15,20H,2-5,10-12H2,1H3,(H,24,27)(H,29,30)/t20-/m1/s1. The summed E-state index contributed by atoms with van der Waals surface area (Å²) in [6.07, 6.45) is 9.34. The van der Waals surface area contributed by atoms with Crippen molar-refractivity contribution in [2.24, 2.45) is 0 Å². The van der Waals surface area contributed by atoms with Crippen LogP contribution in [0.25, 0.3) is 0 Å². The van der Waals surface area contributed by atoms with Crippen LogP contribution in [0.4, 0.5) is 5.82 Å². The first-order chi connectivity index (χ1) is 15.1. The lowest BCUT2D eigenvalue weighted by molar-refractivity contribution is -0.137. The van der Waals surface area contributed by atoms with Crippen LogP contribution in [0.1, 0.15) is 47.6 Å². The molecule has 0 aliphatic carbocycles. The summed E-state index contributed by atoms with van der Waals surface area (Å²) >= 11 is 0. The Kier molecular flexibility index (Phi) is 6.45. The number of hydrogen-bond donors (Lipinski definition) is 2. The molecule has 1 aliphatic rings. The molecule has 0 amide bonds. The highest BCUT2D eigenvalue weighted by Crippen LogP contribution is 2.28. The third-order valence-electron chi connectivity index (χ3n) is 5.58. The molecule has 0 aromatic carbocycles. The first-order valence-corrected chi connectivity index (χ1v) is 10.6. The van der Waals surface area contributed by atoms with Crippen molar-refractivity contribution in [2.45, 2.75) is 44.6 Å². The SMILES string of the molecule is COc1ccc([C@@H](CC(=O)O)c2cnn(CCCc3ccc4c(n3)NCCC4)c2)cn1. The monoisotopic (exact) mass is 421 g/mol. The van der Waals surface area contributed by atoms with Crippen molar-refractivity contribution in [3.8, 4) is 5.88 Å². The number of aromatic nitrogens is 4. The summed E-state index contributed by atoms with van der Waals surface area (Å²) in [5, 5.41) is 17.2. The number of methoxy groups -OCH3 is 1. The quantitative estimate of drug-likeness (QED) is 0.547. The normalized spacial score (nSPS) is 13.8. The Morgan fingerprint density at radius 2 is 2.16 bits per heavy atom. The average molecular weight is 422 g/mol. The average Bonchev–Trinajstić information content (AvgIpc) is 3.26. The summed E-state index contributed by atoms with van der Waals surface area (Å²) in [7, 11) is 1.55. The molecule has 31 heavy (non-hydrogen) atoms. The van der Waals surface area contributed by atoms with E-state index in [1.54, 1.807) is 25.6 Å². The molecular formula is C23H27N5O3. The summed E-state index contributed by atoms with van der Waals surface area (Å²) < 4.78 is 6.97. The van der Waals surface area contributed by atoms with Crippen LogP contribution in [0.2, 0.25) is 0 Å². The molecule has 0 fully saturated rings. The van der Waals surface area contributed by atoms with Crippen LogP contribution in [-0.2, 0) is 24.2 Å². The molecule has 0 spiro atoms. The number of aliphatic carboxylic acids is 1. The Balaban J connectivity index is 1.40. The van der Waals surface area contributed by atoms with Crippen molar-refractivity contribution in [1.82, 2.24) is 19.7 Å². The predicted octanol–water partition coefficient (Wildman–Crippen LogP) is 3.28. The van der Waals surface area contributed by atoms with Crippen LogP contribution in [0.15, 0.2) is 42.9 Å². The molecule has 0 saturated heterocycles. The zero-order valence-corrected chi connectivity index (χ0v) is 17.6. The van der Waals surface area contributed by atoms with Crippen LogP contribution in [0, 0.1) is 0 Å².